The molecule has 0 aliphatic heterocycles. The number of carbonyl (C=O) groups is 1. The molecule has 0 radical (unpaired) electrons. The third kappa shape index (κ3) is 3.94. The molecule has 0 aliphatic carbocycles. The second kappa shape index (κ2) is 6.88. The summed E-state index contributed by atoms with van der Waals surface area (Å²) in [6, 6.07) is 4.49. The molecular formula is C14H21N3O3. The molecule has 1 unspecified atom stereocenters. The van der Waals surface area contributed by atoms with Gasteiger partial charge in [-0.25, -0.2) is 0 Å². The Morgan fingerprint density at radius 3 is 2.50 bits per heavy atom. The number of nitrogens with zero attached hydrogens (tertiary/aromatic N) is 1. The van der Waals surface area contributed by atoms with Gasteiger partial charge in [-0.05, 0) is 25.3 Å². The molecule has 0 heterocycles. The average molecular weight is 279 g/mol. The highest BCUT2D eigenvalue weighted by atomic mass is 16.6. The Morgan fingerprint density at radius 2 is 2.00 bits per heavy atom. The van der Waals surface area contributed by atoms with Crippen molar-refractivity contribution in [2.24, 2.45) is 5.92 Å². The number of rotatable bonds is 6. The zero-order chi connectivity index (χ0) is 15.3. The van der Waals surface area contributed by atoms with Crippen molar-refractivity contribution in [3.05, 3.63) is 33.9 Å². The smallest absolute Gasteiger partial charge is 0.293 e. The third-order valence-electron chi connectivity index (χ3n) is 2.94. The van der Waals surface area contributed by atoms with E-state index in [1.807, 2.05) is 6.92 Å². The Hall–Kier alpha value is -2.11. The fraction of sp³-hybridized carbons (Fsp3) is 0.500. The van der Waals surface area contributed by atoms with Gasteiger partial charge in [0.05, 0.1) is 10.5 Å². The third-order valence-corrected chi connectivity index (χ3v) is 2.94. The molecule has 1 aromatic carbocycles. The van der Waals surface area contributed by atoms with Crippen LogP contribution < -0.4 is 10.6 Å². The lowest BCUT2D eigenvalue weighted by molar-refractivity contribution is -0.384. The van der Waals surface area contributed by atoms with Crippen LogP contribution in [0.15, 0.2) is 18.2 Å². The van der Waals surface area contributed by atoms with Crippen LogP contribution in [0.3, 0.4) is 0 Å². The molecule has 0 saturated carbocycles. The number of nitrogens with one attached hydrogen (secondary N) is 2. The SMILES string of the molecule is CNc1c(C(=O)NC(C)CC(C)C)cccc1[N+](=O)[O-]. The summed E-state index contributed by atoms with van der Waals surface area (Å²) < 4.78 is 0. The van der Waals surface area contributed by atoms with Gasteiger partial charge in [0.25, 0.3) is 11.6 Å². The topological polar surface area (TPSA) is 84.3 Å². The molecule has 110 valence electrons. The molecule has 0 saturated heterocycles. The van der Waals surface area contributed by atoms with Crippen LogP contribution in [-0.2, 0) is 0 Å². The standard InChI is InChI=1S/C14H21N3O3/c1-9(2)8-10(3)16-14(18)11-6-5-7-12(17(19)20)13(11)15-4/h5-7,9-10,15H,8H2,1-4H3,(H,16,18). The minimum atomic E-state index is -0.500. The van der Waals surface area contributed by atoms with Crippen LogP contribution in [0.4, 0.5) is 11.4 Å². The molecule has 2 N–H and O–H groups in total. The van der Waals surface area contributed by atoms with Crippen molar-refractivity contribution in [3.63, 3.8) is 0 Å². The molecule has 1 amide bonds. The number of anilines is 1. The minimum Gasteiger partial charge on any atom is -0.382 e. The highest BCUT2D eigenvalue weighted by molar-refractivity contribution is 6.01. The second-order valence-corrected chi connectivity index (χ2v) is 5.21. The van der Waals surface area contributed by atoms with E-state index in [4.69, 9.17) is 0 Å². The number of benzene rings is 1. The van der Waals surface area contributed by atoms with E-state index < -0.39 is 4.92 Å². The van der Waals surface area contributed by atoms with Gasteiger partial charge in [-0.3, -0.25) is 14.9 Å². The van der Waals surface area contributed by atoms with Crippen LogP contribution in [0.2, 0.25) is 0 Å². The van der Waals surface area contributed by atoms with Crippen LogP contribution >= 0.6 is 0 Å². The first kappa shape index (κ1) is 15.9. The van der Waals surface area contributed by atoms with Gasteiger partial charge in [0.1, 0.15) is 5.69 Å². The number of para-hydroxylation sites is 1. The molecule has 0 bridgehead atoms. The largest absolute Gasteiger partial charge is 0.382 e. The lowest BCUT2D eigenvalue weighted by Gasteiger charge is -2.17. The molecular weight excluding hydrogens is 258 g/mol. The fourth-order valence-electron chi connectivity index (χ4n) is 2.21. The van der Waals surface area contributed by atoms with Gasteiger partial charge in [0.2, 0.25) is 0 Å². The molecule has 1 rings (SSSR count). The van der Waals surface area contributed by atoms with Gasteiger partial charge < -0.3 is 10.6 Å². The van der Waals surface area contributed by atoms with Crippen LogP contribution in [0.25, 0.3) is 0 Å². The number of hydrogen-bond donors (Lipinski definition) is 2. The molecule has 1 atom stereocenters. The van der Waals surface area contributed by atoms with Gasteiger partial charge in [-0.1, -0.05) is 19.9 Å². The van der Waals surface area contributed by atoms with Gasteiger partial charge in [-0.15, -0.1) is 0 Å². The van der Waals surface area contributed by atoms with E-state index in [1.165, 1.54) is 12.1 Å². The first-order chi connectivity index (χ1) is 9.36. The predicted molar refractivity (Wildman–Crippen MR) is 79.0 cm³/mol. The van der Waals surface area contributed by atoms with Crippen molar-refractivity contribution in [1.29, 1.82) is 0 Å². The number of amides is 1. The first-order valence-electron chi connectivity index (χ1n) is 6.62. The summed E-state index contributed by atoms with van der Waals surface area (Å²) in [4.78, 5) is 22.7. The summed E-state index contributed by atoms with van der Waals surface area (Å²) in [6.45, 7) is 6.08. The zero-order valence-electron chi connectivity index (χ0n) is 12.3. The molecule has 0 aromatic heterocycles. The highest BCUT2D eigenvalue weighted by Gasteiger charge is 2.21. The Labute approximate surface area is 118 Å². The Balaban J connectivity index is 2.98. The molecule has 20 heavy (non-hydrogen) atoms. The van der Waals surface area contributed by atoms with E-state index in [1.54, 1.807) is 13.1 Å². The van der Waals surface area contributed by atoms with Gasteiger partial charge in [0, 0.05) is 19.2 Å². The van der Waals surface area contributed by atoms with E-state index in [-0.39, 0.29) is 28.9 Å². The molecule has 1 aromatic rings. The van der Waals surface area contributed by atoms with E-state index in [0.717, 1.165) is 6.42 Å². The van der Waals surface area contributed by atoms with Crippen molar-refractivity contribution in [2.75, 3.05) is 12.4 Å². The molecule has 6 nitrogen and oxygen atoms in total. The monoisotopic (exact) mass is 279 g/mol. The number of hydrogen-bond acceptors (Lipinski definition) is 4. The van der Waals surface area contributed by atoms with E-state index in [9.17, 15) is 14.9 Å². The quantitative estimate of drug-likeness (QED) is 0.619. The summed E-state index contributed by atoms with van der Waals surface area (Å²) in [5.74, 6) is 0.172. The number of nitro groups is 1. The maximum atomic E-state index is 12.2. The van der Waals surface area contributed by atoms with Gasteiger partial charge in [0.15, 0.2) is 0 Å². The minimum absolute atomic E-state index is 0.0199. The van der Waals surface area contributed by atoms with Crippen LogP contribution in [0, 0.1) is 16.0 Å². The van der Waals surface area contributed by atoms with Crippen LogP contribution in [0.1, 0.15) is 37.6 Å². The van der Waals surface area contributed by atoms with Crippen molar-refractivity contribution in [3.8, 4) is 0 Å². The Bertz CT molecular complexity index is 500. The Kier molecular flexibility index (Phi) is 5.49. The predicted octanol–water partition coefficient (Wildman–Crippen LogP) is 2.80. The van der Waals surface area contributed by atoms with E-state index in [0.29, 0.717) is 5.92 Å². The lowest BCUT2D eigenvalue weighted by Crippen LogP contribution is -2.33. The van der Waals surface area contributed by atoms with Gasteiger partial charge >= 0.3 is 0 Å². The summed E-state index contributed by atoms with van der Waals surface area (Å²) in [7, 11) is 1.57. The van der Waals surface area contributed by atoms with Crippen molar-refractivity contribution >= 4 is 17.3 Å². The first-order valence-corrected chi connectivity index (χ1v) is 6.62. The average Bonchev–Trinajstić information content (AvgIpc) is 2.36. The van der Waals surface area contributed by atoms with Crippen molar-refractivity contribution < 1.29 is 9.72 Å². The second-order valence-electron chi connectivity index (χ2n) is 5.21. The van der Waals surface area contributed by atoms with Crippen LogP contribution in [0.5, 0.6) is 0 Å². The molecule has 0 aliphatic rings. The number of carbonyl (C=O) groups excluding carboxylic acids is 1. The summed E-state index contributed by atoms with van der Waals surface area (Å²) in [5.41, 5.74) is 0.431. The fourth-order valence-corrected chi connectivity index (χ4v) is 2.21. The molecule has 0 spiro atoms. The lowest BCUT2D eigenvalue weighted by atomic mass is 10.0. The van der Waals surface area contributed by atoms with Crippen LogP contribution in [-0.4, -0.2) is 23.9 Å². The Morgan fingerprint density at radius 1 is 1.35 bits per heavy atom. The van der Waals surface area contributed by atoms with Crippen molar-refractivity contribution in [1.82, 2.24) is 5.32 Å². The number of nitro benzene ring substituents is 1. The van der Waals surface area contributed by atoms with Gasteiger partial charge in [-0.2, -0.15) is 0 Å². The summed E-state index contributed by atoms with van der Waals surface area (Å²) >= 11 is 0. The maximum absolute atomic E-state index is 12.2. The summed E-state index contributed by atoms with van der Waals surface area (Å²) in [5, 5.41) is 16.6. The van der Waals surface area contributed by atoms with Crippen molar-refractivity contribution in [2.45, 2.75) is 33.2 Å². The molecule has 6 heteroatoms. The normalized spacial score (nSPS) is 12.1. The van der Waals surface area contributed by atoms with E-state index in [2.05, 4.69) is 24.5 Å². The molecule has 0 fully saturated rings. The van der Waals surface area contributed by atoms with E-state index >= 15 is 0 Å². The highest BCUT2D eigenvalue weighted by Crippen LogP contribution is 2.27. The summed E-state index contributed by atoms with van der Waals surface area (Å²) in [6.07, 6.45) is 0.857. The maximum Gasteiger partial charge on any atom is 0.293 e. The zero-order valence-corrected chi connectivity index (χ0v) is 12.3.